The minimum absolute atomic E-state index is 0.0125. The van der Waals surface area contributed by atoms with Crippen LogP contribution < -0.4 is 10.6 Å². The van der Waals surface area contributed by atoms with E-state index in [4.69, 9.17) is 16.3 Å². The first-order valence-corrected chi connectivity index (χ1v) is 13.7. The second-order valence-electron chi connectivity index (χ2n) is 10.3. The first-order valence-electron chi connectivity index (χ1n) is 13.3. The SMILES string of the molecule is CO[C@@H](C)c1c(Nc2ccc([C@H](N(C)C(=O)C3CCC(CNC(C)=O)CC3)C(F)(F)F)cc2)cnc2nc(Cl)nn12. The highest BCUT2D eigenvalue weighted by Crippen LogP contribution is 2.40. The van der Waals surface area contributed by atoms with Crippen LogP contribution in [0, 0.1) is 11.8 Å². The molecule has 1 aromatic carbocycles. The van der Waals surface area contributed by atoms with Crippen LogP contribution in [-0.2, 0) is 14.3 Å². The summed E-state index contributed by atoms with van der Waals surface area (Å²) < 4.78 is 49.8. The van der Waals surface area contributed by atoms with Gasteiger partial charge in [-0.3, -0.25) is 9.59 Å². The van der Waals surface area contributed by atoms with Gasteiger partial charge in [-0.15, -0.1) is 5.10 Å². The van der Waals surface area contributed by atoms with E-state index in [-0.39, 0.29) is 28.4 Å². The monoisotopic (exact) mass is 595 g/mol. The molecule has 2 heterocycles. The lowest BCUT2D eigenvalue weighted by Gasteiger charge is -2.35. The number of carbonyl (C=O) groups is 2. The molecule has 0 radical (unpaired) electrons. The van der Waals surface area contributed by atoms with Crippen molar-refractivity contribution < 1.29 is 27.5 Å². The summed E-state index contributed by atoms with van der Waals surface area (Å²) in [6, 6.07) is 3.64. The summed E-state index contributed by atoms with van der Waals surface area (Å²) in [4.78, 5) is 33.4. The fraction of sp³-hybridized carbons (Fsp3) is 0.519. The highest BCUT2D eigenvalue weighted by molar-refractivity contribution is 6.28. The summed E-state index contributed by atoms with van der Waals surface area (Å²) in [5.41, 5.74) is 1.53. The normalized spacial score (nSPS) is 19.0. The highest BCUT2D eigenvalue weighted by atomic mass is 35.5. The Kier molecular flexibility index (Phi) is 9.37. The van der Waals surface area contributed by atoms with E-state index in [0.29, 0.717) is 49.3 Å². The molecule has 0 aliphatic heterocycles. The van der Waals surface area contributed by atoms with Gasteiger partial charge in [0.1, 0.15) is 0 Å². The number of ether oxygens (including phenoxy) is 1. The van der Waals surface area contributed by atoms with Crippen molar-refractivity contribution in [1.82, 2.24) is 29.8 Å². The smallest absolute Gasteiger partial charge is 0.375 e. The number of hydrogen-bond acceptors (Lipinski definition) is 7. The Morgan fingerprint density at radius 2 is 1.85 bits per heavy atom. The minimum atomic E-state index is -4.68. The lowest BCUT2D eigenvalue weighted by molar-refractivity contribution is -0.191. The minimum Gasteiger partial charge on any atom is -0.375 e. The molecule has 2 N–H and O–H groups in total. The van der Waals surface area contributed by atoms with Crippen LogP contribution in [0.4, 0.5) is 24.5 Å². The zero-order chi connectivity index (χ0) is 29.9. The van der Waals surface area contributed by atoms with Gasteiger partial charge in [-0.1, -0.05) is 12.1 Å². The Balaban J connectivity index is 1.50. The fourth-order valence-electron chi connectivity index (χ4n) is 5.28. The van der Waals surface area contributed by atoms with Crippen LogP contribution in [0.15, 0.2) is 30.5 Å². The van der Waals surface area contributed by atoms with Gasteiger partial charge in [0.15, 0.2) is 6.04 Å². The van der Waals surface area contributed by atoms with Crippen molar-refractivity contribution in [2.24, 2.45) is 11.8 Å². The zero-order valence-electron chi connectivity index (χ0n) is 23.2. The predicted octanol–water partition coefficient (Wildman–Crippen LogP) is 5.23. The van der Waals surface area contributed by atoms with Crippen LogP contribution >= 0.6 is 11.6 Å². The van der Waals surface area contributed by atoms with Gasteiger partial charge in [-0.2, -0.15) is 22.7 Å². The van der Waals surface area contributed by atoms with E-state index < -0.39 is 30.1 Å². The molecule has 14 heteroatoms. The number of carbonyl (C=O) groups excluding carboxylic acids is 2. The number of rotatable bonds is 9. The third-order valence-corrected chi connectivity index (χ3v) is 7.66. The van der Waals surface area contributed by atoms with Gasteiger partial charge >= 0.3 is 6.18 Å². The lowest BCUT2D eigenvalue weighted by atomic mass is 9.81. The number of aromatic nitrogens is 4. The molecular formula is C27H33ClF3N7O3. The molecule has 4 rings (SSSR count). The summed E-state index contributed by atoms with van der Waals surface area (Å²) in [5, 5.41) is 10.1. The number of fused-ring (bicyclic) bond motifs is 1. The van der Waals surface area contributed by atoms with E-state index in [9.17, 15) is 22.8 Å². The summed E-state index contributed by atoms with van der Waals surface area (Å²) in [7, 11) is 2.74. The molecule has 1 aliphatic carbocycles. The largest absolute Gasteiger partial charge is 0.413 e. The second-order valence-corrected chi connectivity index (χ2v) is 10.7. The number of nitrogens with one attached hydrogen (secondary N) is 2. The van der Waals surface area contributed by atoms with Crippen LogP contribution in [0.2, 0.25) is 5.28 Å². The van der Waals surface area contributed by atoms with E-state index in [1.54, 1.807) is 6.92 Å². The molecule has 1 fully saturated rings. The molecule has 1 saturated carbocycles. The third kappa shape index (κ3) is 7.07. The van der Waals surface area contributed by atoms with Crippen LogP contribution in [-0.4, -0.2) is 63.2 Å². The van der Waals surface area contributed by atoms with Crippen molar-refractivity contribution in [2.45, 2.75) is 57.9 Å². The number of halogens is 4. The lowest BCUT2D eigenvalue weighted by Crippen LogP contribution is -2.43. The number of benzene rings is 1. The topological polar surface area (TPSA) is 114 Å². The van der Waals surface area contributed by atoms with Crippen LogP contribution in [0.3, 0.4) is 0 Å². The van der Waals surface area contributed by atoms with E-state index >= 15 is 0 Å². The van der Waals surface area contributed by atoms with E-state index in [0.717, 1.165) is 4.90 Å². The molecule has 0 bridgehead atoms. The number of alkyl halides is 3. The second kappa shape index (κ2) is 12.6. The summed E-state index contributed by atoms with van der Waals surface area (Å²) in [6.45, 7) is 3.75. The van der Waals surface area contributed by atoms with E-state index in [1.165, 1.54) is 56.1 Å². The van der Waals surface area contributed by atoms with Gasteiger partial charge < -0.3 is 20.3 Å². The van der Waals surface area contributed by atoms with Crippen molar-refractivity contribution in [3.8, 4) is 0 Å². The molecule has 2 aromatic heterocycles. The summed E-state index contributed by atoms with van der Waals surface area (Å²) in [5.74, 6) is -0.655. The average molecular weight is 596 g/mol. The Morgan fingerprint density at radius 1 is 1.20 bits per heavy atom. The van der Waals surface area contributed by atoms with Crippen molar-refractivity contribution in [2.75, 3.05) is 26.0 Å². The maximum atomic E-state index is 14.3. The Labute approximate surface area is 240 Å². The maximum Gasteiger partial charge on any atom is 0.413 e. The van der Waals surface area contributed by atoms with E-state index in [1.807, 2.05) is 0 Å². The standard InChI is InChI=1S/C27H33ClF3N7O3/c1-15(41-4)22-21(14-33-26-35-25(28)36-38(22)26)34-20-11-9-18(10-12-20)23(27(29,30)31)37(3)24(40)19-7-5-17(6-8-19)13-32-16(2)39/h9-12,14-15,17,19,23,34H,5-8,13H2,1-4H3,(H,32,39)/t15-,17?,19?,23-/m0/s1. The van der Waals surface area contributed by atoms with Crippen molar-refractivity contribution >= 4 is 40.6 Å². The molecule has 2 atom stereocenters. The van der Waals surface area contributed by atoms with Crippen LogP contribution in [0.25, 0.3) is 5.78 Å². The van der Waals surface area contributed by atoms with Gasteiger partial charge in [0.25, 0.3) is 5.78 Å². The molecule has 0 spiro atoms. The number of amides is 2. The predicted molar refractivity (Wildman–Crippen MR) is 147 cm³/mol. The summed E-state index contributed by atoms with van der Waals surface area (Å²) >= 11 is 5.95. The van der Waals surface area contributed by atoms with Gasteiger partial charge in [0.05, 0.1) is 23.7 Å². The first kappa shape index (κ1) is 30.5. The number of anilines is 2. The Bertz CT molecular complexity index is 1370. The number of methoxy groups -OCH3 is 1. The fourth-order valence-corrected chi connectivity index (χ4v) is 5.43. The summed E-state index contributed by atoms with van der Waals surface area (Å²) in [6.07, 6.45) is -1.27. The maximum absolute atomic E-state index is 14.3. The molecule has 222 valence electrons. The Hall–Kier alpha value is -3.45. The molecule has 41 heavy (non-hydrogen) atoms. The van der Waals surface area contributed by atoms with Crippen molar-refractivity contribution in [3.05, 3.63) is 47.0 Å². The van der Waals surface area contributed by atoms with Crippen LogP contribution in [0.5, 0.6) is 0 Å². The average Bonchev–Trinajstić information content (AvgIpc) is 3.31. The highest BCUT2D eigenvalue weighted by Gasteiger charge is 2.46. The van der Waals surface area contributed by atoms with Crippen LogP contribution in [0.1, 0.15) is 62.9 Å². The molecule has 0 unspecified atom stereocenters. The molecule has 10 nitrogen and oxygen atoms in total. The quantitative estimate of drug-likeness (QED) is 0.348. The van der Waals surface area contributed by atoms with Gasteiger partial charge in [0.2, 0.25) is 17.1 Å². The Morgan fingerprint density at radius 3 is 2.44 bits per heavy atom. The van der Waals surface area contributed by atoms with Crippen molar-refractivity contribution in [3.63, 3.8) is 0 Å². The molecular weight excluding hydrogens is 563 g/mol. The van der Waals surface area contributed by atoms with Gasteiger partial charge in [-0.25, -0.2) is 4.98 Å². The first-order chi connectivity index (χ1) is 19.4. The molecule has 3 aromatic rings. The molecule has 2 amide bonds. The number of nitrogens with zero attached hydrogens (tertiary/aromatic N) is 5. The number of hydrogen-bond donors (Lipinski definition) is 2. The van der Waals surface area contributed by atoms with E-state index in [2.05, 4.69) is 25.7 Å². The molecule has 0 saturated heterocycles. The van der Waals surface area contributed by atoms with Gasteiger partial charge in [-0.05, 0) is 67.8 Å². The molecule has 1 aliphatic rings. The van der Waals surface area contributed by atoms with Crippen molar-refractivity contribution in [1.29, 1.82) is 0 Å². The third-order valence-electron chi connectivity index (χ3n) is 7.50. The zero-order valence-corrected chi connectivity index (χ0v) is 24.0. The van der Waals surface area contributed by atoms with Gasteiger partial charge in [0, 0.05) is 39.2 Å².